The first kappa shape index (κ1) is 18.0. The lowest BCUT2D eigenvalue weighted by molar-refractivity contribution is -0.141. The summed E-state index contributed by atoms with van der Waals surface area (Å²) < 4.78 is 39.4. The number of likely N-dealkylation sites (tertiary alicyclic amines) is 1. The number of rotatable bonds is 4. The number of pyridine rings is 1. The van der Waals surface area contributed by atoms with Crippen LogP contribution in [0.1, 0.15) is 32.4 Å². The van der Waals surface area contributed by atoms with Gasteiger partial charge in [-0.15, -0.1) is 0 Å². The van der Waals surface area contributed by atoms with Crippen molar-refractivity contribution in [2.75, 3.05) is 25.0 Å². The van der Waals surface area contributed by atoms with Gasteiger partial charge >= 0.3 is 6.18 Å². The molecule has 1 atom stereocenters. The van der Waals surface area contributed by atoms with Crippen LogP contribution in [0.15, 0.2) is 30.3 Å². The molecule has 2 heterocycles. The molecule has 0 aliphatic carbocycles. The van der Waals surface area contributed by atoms with E-state index in [0.29, 0.717) is 11.2 Å². The smallest absolute Gasteiger partial charge is 0.366 e. The summed E-state index contributed by atoms with van der Waals surface area (Å²) in [6, 6.07) is 8.18. The molecule has 0 amide bonds. The first-order valence-electron chi connectivity index (χ1n) is 8.79. The summed E-state index contributed by atoms with van der Waals surface area (Å²) in [5, 5.41) is 4.47. The Balaban J connectivity index is 1.79. The third kappa shape index (κ3) is 4.42. The Morgan fingerprint density at radius 2 is 1.92 bits per heavy atom. The molecule has 1 aromatic heterocycles. The van der Waals surface area contributed by atoms with E-state index in [4.69, 9.17) is 0 Å². The Labute approximate surface area is 146 Å². The van der Waals surface area contributed by atoms with Crippen LogP contribution < -0.4 is 5.32 Å². The molecule has 3 rings (SSSR count). The minimum atomic E-state index is -4.45. The van der Waals surface area contributed by atoms with Gasteiger partial charge in [0.15, 0.2) is 0 Å². The van der Waals surface area contributed by atoms with E-state index in [1.165, 1.54) is 12.8 Å². The third-order valence-corrected chi connectivity index (χ3v) is 4.82. The molecule has 0 spiro atoms. The van der Waals surface area contributed by atoms with E-state index in [1.807, 2.05) is 13.0 Å². The van der Waals surface area contributed by atoms with E-state index in [2.05, 4.69) is 22.1 Å². The summed E-state index contributed by atoms with van der Waals surface area (Å²) in [4.78, 5) is 6.23. The van der Waals surface area contributed by atoms with E-state index >= 15 is 0 Å². The zero-order valence-corrected chi connectivity index (χ0v) is 14.6. The lowest BCUT2D eigenvalue weighted by Crippen LogP contribution is -2.40. The van der Waals surface area contributed by atoms with Crippen LogP contribution in [0.5, 0.6) is 0 Å². The molecule has 1 aliphatic heterocycles. The molecule has 1 N–H and O–H groups in total. The van der Waals surface area contributed by atoms with Crippen LogP contribution in [-0.2, 0) is 6.18 Å². The van der Waals surface area contributed by atoms with Gasteiger partial charge in [-0.2, -0.15) is 13.2 Å². The van der Waals surface area contributed by atoms with Gasteiger partial charge < -0.3 is 10.2 Å². The summed E-state index contributed by atoms with van der Waals surface area (Å²) in [5.74, 6) is 1.07. The normalized spacial score (nSPS) is 18.4. The molecule has 6 heteroatoms. The number of nitrogens with one attached hydrogen (secondary N) is 1. The molecule has 2 aromatic rings. The minimum Gasteiger partial charge on any atom is -0.366 e. The average molecular weight is 351 g/mol. The third-order valence-electron chi connectivity index (χ3n) is 4.82. The van der Waals surface area contributed by atoms with Crippen LogP contribution in [0.4, 0.5) is 19.0 Å². The van der Waals surface area contributed by atoms with Gasteiger partial charge in [0.25, 0.3) is 0 Å². The van der Waals surface area contributed by atoms with Gasteiger partial charge in [0.2, 0.25) is 0 Å². The van der Waals surface area contributed by atoms with Crippen molar-refractivity contribution in [2.24, 2.45) is 5.92 Å². The Bertz CT molecular complexity index is 721. The van der Waals surface area contributed by atoms with Gasteiger partial charge in [-0.3, -0.25) is 0 Å². The number of aromatic nitrogens is 1. The van der Waals surface area contributed by atoms with Gasteiger partial charge in [-0.05, 0) is 50.2 Å². The van der Waals surface area contributed by atoms with Crippen molar-refractivity contribution in [1.29, 1.82) is 0 Å². The highest BCUT2D eigenvalue weighted by atomic mass is 19.4. The molecule has 0 bridgehead atoms. The fourth-order valence-electron chi connectivity index (χ4n) is 3.36. The molecule has 1 unspecified atom stereocenters. The van der Waals surface area contributed by atoms with Gasteiger partial charge in [0, 0.05) is 18.0 Å². The molecular formula is C19H24F3N3. The van der Waals surface area contributed by atoms with Crippen molar-refractivity contribution < 1.29 is 13.2 Å². The van der Waals surface area contributed by atoms with Crippen LogP contribution in [-0.4, -0.2) is 35.6 Å². The predicted molar refractivity (Wildman–Crippen MR) is 94.7 cm³/mol. The van der Waals surface area contributed by atoms with Crippen LogP contribution in [0.2, 0.25) is 0 Å². The maximum atomic E-state index is 13.1. The Hall–Kier alpha value is -1.82. The molecular weight excluding hydrogens is 327 g/mol. The first-order valence-corrected chi connectivity index (χ1v) is 8.79. The molecule has 1 aromatic carbocycles. The average Bonchev–Trinajstić information content (AvgIpc) is 2.56. The molecule has 0 radical (unpaired) electrons. The molecule has 25 heavy (non-hydrogen) atoms. The summed E-state index contributed by atoms with van der Waals surface area (Å²) in [6.45, 7) is 7.15. The van der Waals surface area contributed by atoms with Crippen molar-refractivity contribution in [1.82, 2.24) is 9.88 Å². The topological polar surface area (TPSA) is 28.2 Å². The molecule has 1 aliphatic rings. The Kier molecular flexibility index (Phi) is 5.18. The summed E-state index contributed by atoms with van der Waals surface area (Å²) in [5.41, 5.74) is -0.854. The van der Waals surface area contributed by atoms with E-state index in [-0.39, 0.29) is 6.04 Å². The van der Waals surface area contributed by atoms with Crippen LogP contribution in [0.3, 0.4) is 0 Å². The molecule has 136 valence electrons. The Morgan fingerprint density at radius 1 is 1.24 bits per heavy atom. The summed E-state index contributed by atoms with van der Waals surface area (Å²) >= 11 is 0. The van der Waals surface area contributed by atoms with Gasteiger partial charge in [-0.25, -0.2) is 4.98 Å². The highest BCUT2D eigenvalue weighted by molar-refractivity contribution is 5.92. The lowest BCUT2D eigenvalue weighted by Gasteiger charge is -2.32. The maximum absolute atomic E-state index is 13.1. The molecule has 1 fully saturated rings. The van der Waals surface area contributed by atoms with Gasteiger partial charge in [-0.1, -0.05) is 31.2 Å². The minimum absolute atomic E-state index is 0.0211. The maximum Gasteiger partial charge on any atom is 0.433 e. The van der Waals surface area contributed by atoms with Crippen molar-refractivity contribution in [3.05, 3.63) is 36.0 Å². The number of halogens is 3. The van der Waals surface area contributed by atoms with Crippen molar-refractivity contribution in [3.8, 4) is 0 Å². The standard InChI is InChI=1S/C19H24F3N3/c1-13-7-9-25(10-8-13)12-14(2)23-18-16-6-4-3-5-15(16)11-17(24-18)19(20,21)22/h3-6,11,13-14H,7-10,12H2,1-2H3,(H,23,24). The second-order valence-corrected chi connectivity index (χ2v) is 7.10. The van der Waals surface area contributed by atoms with Gasteiger partial charge in [0.05, 0.1) is 0 Å². The van der Waals surface area contributed by atoms with Crippen LogP contribution >= 0.6 is 0 Å². The van der Waals surface area contributed by atoms with Crippen molar-refractivity contribution in [2.45, 2.75) is 38.9 Å². The number of alkyl halides is 3. The Morgan fingerprint density at radius 3 is 2.60 bits per heavy atom. The lowest BCUT2D eigenvalue weighted by atomic mass is 9.99. The molecule has 0 saturated carbocycles. The summed E-state index contributed by atoms with van der Waals surface area (Å²) in [6.07, 6.45) is -2.10. The number of fused-ring (bicyclic) bond motifs is 1. The number of benzene rings is 1. The van der Waals surface area contributed by atoms with Crippen molar-refractivity contribution >= 4 is 16.6 Å². The number of hydrogen-bond donors (Lipinski definition) is 1. The van der Waals surface area contributed by atoms with E-state index in [9.17, 15) is 13.2 Å². The highest BCUT2D eigenvalue weighted by Gasteiger charge is 2.33. The van der Waals surface area contributed by atoms with E-state index in [0.717, 1.165) is 37.0 Å². The summed E-state index contributed by atoms with van der Waals surface area (Å²) in [7, 11) is 0. The number of nitrogens with zero attached hydrogens (tertiary/aromatic N) is 2. The number of piperidine rings is 1. The highest BCUT2D eigenvalue weighted by Crippen LogP contribution is 2.32. The predicted octanol–water partition coefficient (Wildman–Crippen LogP) is 4.79. The monoisotopic (exact) mass is 351 g/mol. The SMILES string of the molecule is CC1CCN(CC(C)Nc2nc(C(F)(F)F)cc3ccccc23)CC1. The zero-order valence-electron chi connectivity index (χ0n) is 14.6. The fraction of sp³-hybridized carbons (Fsp3) is 0.526. The fourth-order valence-corrected chi connectivity index (χ4v) is 3.36. The number of anilines is 1. The quantitative estimate of drug-likeness (QED) is 0.859. The second kappa shape index (κ2) is 7.20. The van der Waals surface area contributed by atoms with E-state index in [1.54, 1.807) is 18.2 Å². The molecule has 3 nitrogen and oxygen atoms in total. The zero-order chi connectivity index (χ0) is 18.0. The van der Waals surface area contributed by atoms with E-state index < -0.39 is 11.9 Å². The molecule has 1 saturated heterocycles. The van der Waals surface area contributed by atoms with Crippen molar-refractivity contribution in [3.63, 3.8) is 0 Å². The largest absolute Gasteiger partial charge is 0.433 e. The first-order chi connectivity index (χ1) is 11.8. The van der Waals surface area contributed by atoms with Crippen LogP contribution in [0, 0.1) is 5.92 Å². The van der Waals surface area contributed by atoms with Gasteiger partial charge in [0.1, 0.15) is 11.5 Å². The number of hydrogen-bond acceptors (Lipinski definition) is 3. The second-order valence-electron chi connectivity index (χ2n) is 7.10. The van der Waals surface area contributed by atoms with Crippen LogP contribution in [0.25, 0.3) is 10.8 Å².